The molecule has 0 bridgehead atoms. The molecule has 4 aliphatic rings. The number of esters is 1. The van der Waals surface area contributed by atoms with Gasteiger partial charge in [0.1, 0.15) is 12.1 Å². The smallest absolute Gasteiger partial charge is 0.325 e. The molecular weight excluding hydrogens is 422 g/mol. The summed E-state index contributed by atoms with van der Waals surface area (Å²) in [4.78, 5) is 47.3. The summed E-state index contributed by atoms with van der Waals surface area (Å²) in [5.74, 6) is 0.0526. The maximum Gasteiger partial charge on any atom is 0.325 e. The molecule has 0 aromatic carbocycles. The van der Waals surface area contributed by atoms with Crippen molar-refractivity contribution in [3.63, 3.8) is 0 Å². The molecule has 0 aliphatic heterocycles. The third kappa shape index (κ3) is 4.35. The Hall–Kier alpha value is -2.18. The van der Waals surface area contributed by atoms with E-state index in [0.717, 1.165) is 44.9 Å². The Labute approximate surface area is 195 Å². The summed E-state index contributed by atoms with van der Waals surface area (Å²) in [6, 6.07) is -0.979. The molecule has 2 N–H and O–H groups in total. The van der Waals surface area contributed by atoms with Crippen molar-refractivity contribution >= 4 is 23.6 Å². The number of carbonyl (C=O) groups excluding carboxylic acids is 3. The van der Waals surface area contributed by atoms with Gasteiger partial charge in [-0.1, -0.05) is 19.4 Å². The van der Waals surface area contributed by atoms with Gasteiger partial charge in [-0.05, 0) is 81.1 Å². The molecule has 3 fully saturated rings. The number of fused-ring (bicyclic) bond motifs is 5. The fraction of sp³-hybridized carbons (Fsp3) is 0.769. The molecule has 0 saturated heterocycles. The number of hydrogen-bond donors (Lipinski definition) is 2. The van der Waals surface area contributed by atoms with E-state index in [1.807, 2.05) is 6.08 Å². The number of amides is 1. The number of ketones is 1. The second-order valence-electron chi connectivity index (χ2n) is 11.2. The van der Waals surface area contributed by atoms with E-state index >= 15 is 0 Å². The molecule has 7 nitrogen and oxygen atoms in total. The number of nitrogens with one attached hydrogen (secondary N) is 1. The summed E-state index contributed by atoms with van der Waals surface area (Å²) >= 11 is 0. The lowest BCUT2D eigenvalue weighted by Gasteiger charge is -2.57. The lowest BCUT2D eigenvalue weighted by atomic mass is 9.47. The van der Waals surface area contributed by atoms with Gasteiger partial charge in [-0.25, -0.2) is 0 Å². The van der Waals surface area contributed by atoms with Crippen molar-refractivity contribution < 1.29 is 29.0 Å². The van der Waals surface area contributed by atoms with Crippen LogP contribution in [0.4, 0.5) is 0 Å². The van der Waals surface area contributed by atoms with E-state index in [2.05, 4.69) is 19.2 Å². The quantitative estimate of drug-likeness (QED) is 0.585. The Morgan fingerprint density at radius 1 is 1.09 bits per heavy atom. The van der Waals surface area contributed by atoms with Crippen molar-refractivity contribution in [2.24, 2.45) is 28.6 Å². The lowest BCUT2D eigenvalue weighted by molar-refractivity contribution is -0.160. The van der Waals surface area contributed by atoms with Crippen LogP contribution < -0.4 is 5.32 Å². The molecule has 4 aliphatic carbocycles. The topological polar surface area (TPSA) is 110 Å². The number of hydrogen-bond acceptors (Lipinski definition) is 5. The Morgan fingerprint density at radius 3 is 2.58 bits per heavy atom. The fourth-order valence-electron chi connectivity index (χ4n) is 7.51. The minimum absolute atomic E-state index is 0.0400. The van der Waals surface area contributed by atoms with Crippen molar-refractivity contribution in [3.05, 3.63) is 11.6 Å². The Kier molecular flexibility index (Phi) is 6.45. The van der Waals surface area contributed by atoms with E-state index < -0.39 is 17.9 Å². The summed E-state index contributed by atoms with van der Waals surface area (Å²) in [6.45, 7) is 6.04. The number of carboxylic acids is 1. The van der Waals surface area contributed by atoms with Gasteiger partial charge in [0.25, 0.3) is 0 Å². The van der Waals surface area contributed by atoms with Crippen molar-refractivity contribution in [2.45, 2.75) is 97.1 Å². The van der Waals surface area contributed by atoms with Gasteiger partial charge in [0, 0.05) is 18.3 Å². The molecule has 0 aromatic heterocycles. The van der Waals surface area contributed by atoms with Gasteiger partial charge in [-0.15, -0.1) is 0 Å². The normalized spacial score (nSPS) is 38.3. The van der Waals surface area contributed by atoms with Crippen LogP contribution >= 0.6 is 0 Å². The Balaban J connectivity index is 1.37. The summed E-state index contributed by atoms with van der Waals surface area (Å²) in [6.07, 6.45) is 9.46. The highest BCUT2D eigenvalue weighted by molar-refractivity contribution is 5.91. The van der Waals surface area contributed by atoms with E-state index in [-0.39, 0.29) is 41.5 Å². The summed E-state index contributed by atoms with van der Waals surface area (Å²) in [7, 11) is 0. The predicted molar refractivity (Wildman–Crippen MR) is 121 cm³/mol. The maximum atomic E-state index is 12.5. The number of carboxylic acid groups (broad SMARTS) is 1. The number of carbonyl (C=O) groups is 4. The molecular formula is C26H37NO6. The number of aliphatic carboxylic acids is 1. The molecule has 0 spiro atoms. The molecule has 1 amide bonds. The van der Waals surface area contributed by atoms with E-state index in [1.165, 1.54) is 12.5 Å². The summed E-state index contributed by atoms with van der Waals surface area (Å²) in [5, 5.41) is 11.3. The van der Waals surface area contributed by atoms with Crippen LogP contribution in [0.3, 0.4) is 0 Å². The molecule has 7 atom stereocenters. The van der Waals surface area contributed by atoms with E-state index in [9.17, 15) is 19.2 Å². The van der Waals surface area contributed by atoms with Gasteiger partial charge in [0.2, 0.25) is 5.91 Å². The Morgan fingerprint density at radius 2 is 1.85 bits per heavy atom. The maximum absolute atomic E-state index is 12.5. The zero-order valence-electron chi connectivity index (χ0n) is 20.0. The molecule has 0 aromatic rings. The molecule has 182 valence electrons. The van der Waals surface area contributed by atoms with Crippen LogP contribution in [0.15, 0.2) is 11.6 Å². The lowest BCUT2D eigenvalue weighted by Crippen LogP contribution is -2.51. The van der Waals surface area contributed by atoms with Crippen molar-refractivity contribution in [1.82, 2.24) is 5.32 Å². The molecule has 0 radical (unpaired) electrons. The average molecular weight is 460 g/mol. The van der Waals surface area contributed by atoms with Gasteiger partial charge in [0.05, 0.1) is 6.42 Å². The number of allylic oxidation sites excluding steroid dienone is 1. The molecule has 0 unspecified atom stereocenters. The largest absolute Gasteiger partial charge is 0.480 e. The third-order valence-electron chi connectivity index (χ3n) is 9.45. The number of rotatable bonds is 6. The van der Waals surface area contributed by atoms with E-state index in [1.54, 1.807) is 0 Å². The van der Waals surface area contributed by atoms with Crippen molar-refractivity contribution in [2.75, 3.05) is 0 Å². The Bertz CT molecular complexity index is 880. The van der Waals surface area contributed by atoms with E-state index in [4.69, 9.17) is 9.84 Å². The summed E-state index contributed by atoms with van der Waals surface area (Å²) < 4.78 is 5.92. The highest BCUT2D eigenvalue weighted by Gasteiger charge is 2.59. The van der Waals surface area contributed by atoms with E-state index in [0.29, 0.717) is 24.2 Å². The predicted octanol–water partition coefficient (Wildman–Crippen LogP) is 3.80. The zero-order chi connectivity index (χ0) is 24.0. The van der Waals surface area contributed by atoms with Gasteiger partial charge < -0.3 is 15.2 Å². The van der Waals surface area contributed by atoms with Crippen LogP contribution in [0.5, 0.6) is 0 Å². The van der Waals surface area contributed by atoms with Gasteiger partial charge >= 0.3 is 11.9 Å². The van der Waals surface area contributed by atoms with Crippen LogP contribution in [0.1, 0.15) is 85.0 Å². The van der Waals surface area contributed by atoms with Gasteiger partial charge in [0.15, 0.2) is 5.78 Å². The molecule has 7 heteroatoms. The molecule has 0 heterocycles. The highest BCUT2D eigenvalue weighted by atomic mass is 16.5. The first-order valence-electron chi connectivity index (χ1n) is 12.5. The second kappa shape index (κ2) is 8.88. The molecule has 4 rings (SSSR count). The minimum Gasteiger partial charge on any atom is -0.480 e. The first kappa shape index (κ1) is 24.0. The van der Waals surface area contributed by atoms with Crippen molar-refractivity contribution in [1.29, 1.82) is 0 Å². The summed E-state index contributed by atoms with van der Waals surface area (Å²) in [5.41, 5.74) is 1.45. The second-order valence-corrected chi connectivity index (χ2v) is 11.2. The van der Waals surface area contributed by atoms with Crippen LogP contribution in [0.2, 0.25) is 0 Å². The minimum atomic E-state index is -1.11. The first-order valence-corrected chi connectivity index (χ1v) is 12.5. The first-order chi connectivity index (χ1) is 15.5. The zero-order valence-corrected chi connectivity index (χ0v) is 20.0. The molecule has 33 heavy (non-hydrogen) atoms. The van der Waals surface area contributed by atoms with Gasteiger partial charge in [-0.3, -0.25) is 19.2 Å². The monoisotopic (exact) mass is 459 g/mol. The fourth-order valence-corrected chi connectivity index (χ4v) is 7.51. The molecule has 3 saturated carbocycles. The van der Waals surface area contributed by atoms with Crippen LogP contribution in [-0.2, 0) is 23.9 Å². The van der Waals surface area contributed by atoms with Crippen LogP contribution in [0, 0.1) is 28.6 Å². The highest BCUT2D eigenvalue weighted by Crippen LogP contribution is 2.65. The third-order valence-corrected chi connectivity index (χ3v) is 9.45. The SMILES string of the molecule is C[C@H](NC(=O)CCC(=O)O[C@H]1CC[C@H]2[C@H]3CCC4=CC(=O)CC[C@]4(C)[C@@H]3CC[C@]12C)C(=O)O. The van der Waals surface area contributed by atoms with Crippen molar-refractivity contribution in [3.8, 4) is 0 Å². The number of ether oxygens (including phenoxy) is 1. The standard InChI is InChI=1S/C26H37NO6/c1-15(24(31)32)27-22(29)8-9-23(30)33-21-7-6-19-18-5-4-16-14-17(28)10-12-25(16,2)20(18)11-13-26(19,21)3/h14-15,18-21H,4-13H2,1-3H3,(H,27,29)(H,31,32)/t15-,18+,19-,20+,21-,25-,26-/m0/s1. The van der Waals surface area contributed by atoms with Crippen LogP contribution in [-0.4, -0.2) is 40.9 Å². The van der Waals surface area contributed by atoms with Crippen LogP contribution in [0.25, 0.3) is 0 Å². The van der Waals surface area contributed by atoms with Gasteiger partial charge in [-0.2, -0.15) is 0 Å². The average Bonchev–Trinajstić information content (AvgIpc) is 3.09.